The molecule has 2 amide bonds. The summed E-state index contributed by atoms with van der Waals surface area (Å²) < 4.78 is 36.5. The van der Waals surface area contributed by atoms with Crippen LogP contribution in [0.2, 0.25) is 0 Å². The zero-order chi connectivity index (χ0) is 33.1. The number of ether oxygens (including phenoxy) is 1. The SMILES string of the molecule is CCCNC(=O)C(Cc1ccccc1)N(Cc1cccc(Br)c1)C(=O)CN(c1ccc(OCC)cc1)S(=O)(=O)c1ccc(Br)cc1. The van der Waals surface area contributed by atoms with E-state index in [1.54, 1.807) is 36.4 Å². The first-order chi connectivity index (χ1) is 22.1. The third kappa shape index (κ3) is 9.43. The molecule has 11 heteroatoms. The van der Waals surface area contributed by atoms with Gasteiger partial charge in [-0.3, -0.25) is 13.9 Å². The molecule has 1 unspecified atom stereocenters. The number of carbonyl (C=O) groups excluding carboxylic acids is 2. The molecule has 0 aliphatic rings. The van der Waals surface area contributed by atoms with Crippen LogP contribution in [-0.2, 0) is 32.6 Å². The molecule has 0 heterocycles. The minimum atomic E-state index is -4.21. The number of amides is 2. The van der Waals surface area contributed by atoms with Gasteiger partial charge in [-0.25, -0.2) is 8.42 Å². The summed E-state index contributed by atoms with van der Waals surface area (Å²) in [5.41, 5.74) is 1.95. The van der Waals surface area contributed by atoms with Crippen molar-refractivity contribution in [3.8, 4) is 5.75 Å². The minimum absolute atomic E-state index is 0.0254. The van der Waals surface area contributed by atoms with E-state index in [0.717, 1.165) is 30.8 Å². The molecule has 0 radical (unpaired) electrons. The molecule has 0 saturated heterocycles. The van der Waals surface area contributed by atoms with Gasteiger partial charge in [0.2, 0.25) is 11.8 Å². The number of hydrogen-bond acceptors (Lipinski definition) is 5. The van der Waals surface area contributed by atoms with E-state index < -0.39 is 28.5 Å². The Kier molecular flexibility index (Phi) is 12.8. The second-order valence-corrected chi connectivity index (χ2v) is 14.2. The molecule has 0 fully saturated rings. The Hall–Kier alpha value is -3.67. The average Bonchev–Trinajstić information content (AvgIpc) is 3.05. The van der Waals surface area contributed by atoms with Crippen LogP contribution in [0.1, 0.15) is 31.4 Å². The largest absolute Gasteiger partial charge is 0.494 e. The van der Waals surface area contributed by atoms with Crippen LogP contribution in [0.5, 0.6) is 5.75 Å². The summed E-state index contributed by atoms with van der Waals surface area (Å²) in [4.78, 5) is 29.8. The molecule has 1 atom stereocenters. The highest BCUT2D eigenvalue weighted by Gasteiger charge is 2.34. The Labute approximate surface area is 288 Å². The standard InChI is InChI=1S/C35H37Br2N3O5S/c1-3-21-38-35(42)33(23-26-9-6-5-7-10-26)39(24-27-11-8-12-29(37)22-27)34(41)25-40(30-15-17-31(18-16-30)45-4-2)46(43,44)32-19-13-28(36)14-20-32/h5-20,22,33H,3-4,21,23-25H2,1-2H3,(H,38,42). The van der Waals surface area contributed by atoms with Crippen LogP contribution in [0, 0.1) is 0 Å². The summed E-state index contributed by atoms with van der Waals surface area (Å²) in [5.74, 6) is -0.259. The summed E-state index contributed by atoms with van der Waals surface area (Å²) in [6.07, 6.45) is 0.971. The van der Waals surface area contributed by atoms with Crippen LogP contribution in [0.25, 0.3) is 0 Å². The molecule has 8 nitrogen and oxygen atoms in total. The molecule has 0 bridgehead atoms. The van der Waals surface area contributed by atoms with E-state index in [9.17, 15) is 18.0 Å². The highest BCUT2D eigenvalue weighted by atomic mass is 79.9. The smallest absolute Gasteiger partial charge is 0.264 e. The Morgan fingerprint density at radius 3 is 2.13 bits per heavy atom. The van der Waals surface area contributed by atoms with Crippen LogP contribution < -0.4 is 14.4 Å². The van der Waals surface area contributed by atoms with Gasteiger partial charge in [-0.15, -0.1) is 0 Å². The summed E-state index contributed by atoms with van der Waals surface area (Å²) in [5, 5.41) is 2.96. The van der Waals surface area contributed by atoms with E-state index >= 15 is 0 Å². The summed E-state index contributed by atoms with van der Waals surface area (Å²) in [7, 11) is -4.21. The highest BCUT2D eigenvalue weighted by molar-refractivity contribution is 9.10. The van der Waals surface area contributed by atoms with Gasteiger partial charge in [-0.2, -0.15) is 0 Å². The second kappa shape index (κ2) is 16.8. The van der Waals surface area contributed by atoms with E-state index in [2.05, 4.69) is 37.2 Å². The summed E-state index contributed by atoms with van der Waals surface area (Å²) in [6, 6.07) is 28.9. The zero-order valence-corrected chi connectivity index (χ0v) is 29.7. The normalized spacial score (nSPS) is 11.8. The average molecular weight is 772 g/mol. The van der Waals surface area contributed by atoms with E-state index in [1.165, 1.54) is 17.0 Å². The first-order valence-electron chi connectivity index (χ1n) is 15.0. The van der Waals surface area contributed by atoms with Crippen LogP contribution in [-0.4, -0.2) is 50.9 Å². The number of sulfonamides is 1. The van der Waals surface area contributed by atoms with Crippen molar-refractivity contribution in [2.24, 2.45) is 0 Å². The Balaban J connectivity index is 1.79. The van der Waals surface area contributed by atoms with Crippen LogP contribution in [0.3, 0.4) is 0 Å². The summed E-state index contributed by atoms with van der Waals surface area (Å²) >= 11 is 6.87. The molecule has 4 rings (SSSR count). The van der Waals surface area contributed by atoms with Gasteiger partial charge in [0.05, 0.1) is 17.2 Å². The van der Waals surface area contributed by atoms with E-state index in [4.69, 9.17) is 4.74 Å². The lowest BCUT2D eigenvalue weighted by molar-refractivity contribution is -0.140. The number of benzene rings is 4. The van der Waals surface area contributed by atoms with Crippen molar-refractivity contribution in [1.82, 2.24) is 10.2 Å². The fourth-order valence-electron chi connectivity index (χ4n) is 4.89. The van der Waals surface area contributed by atoms with Gasteiger partial charge in [0, 0.05) is 28.5 Å². The second-order valence-electron chi connectivity index (χ2n) is 10.5. The van der Waals surface area contributed by atoms with Gasteiger partial charge in [0.25, 0.3) is 10.0 Å². The molecule has 4 aromatic rings. The first kappa shape index (κ1) is 35.2. The molecule has 1 N–H and O–H groups in total. The predicted molar refractivity (Wildman–Crippen MR) is 188 cm³/mol. The van der Waals surface area contributed by atoms with Crippen LogP contribution in [0.4, 0.5) is 5.69 Å². The predicted octanol–water partition coefficient (Wildman–Crippen LogP) is 6.97. The van der Waals surface area contributed by atoms with Crippen molar-refractivity contribution in [3.63, 3.8) is 0 Å². The van der Waals surface area contributed by atoms with Gasteiger partial charge in [-0.1, -0.05) is 81.2 Å². The zero-order valence-electron chi connectivity index (χ0n) is 25.7. The molecular formula is C35H37Br2N3O5S. The van der Waals surface area contributed by atoms with Crippen molar-refractivity contribution >= 4 is 59.4 Å². The third-order valence-electron chi connectivity index (χ3n) is 7.18. The lowest BCUT2D eigenvalue weighted by Gasteiger charge is -2.34. The van der Waals surface area contributed by atoms with E-state index in [1.807, 2.05) is 68.4 Å². The maximum Gasteiger partial charge on any atom is 0.264 e. The molecule has 242 valence electrons. The molecule has 0 saturated carbocycles. The molecule has 0 aromatic heterocycles. The molecule has 0 aliphatic carbocycles. The number of carbonyl (C=O) groups is 2. The van der Waals surface area contributed by atoms with Crippen molar-refractivity contribution < 1.29 is 22.7 Å². The molecular weight excluding hydrogens is 734 g/mol. The maximum absolute atomic E-state index is 14.5. The Morgan fingerprint density at radius 2 is 1.50 bits per heavy atom. The lowest BCUT2D eigenvalue weighted by atomic mass is 10.0. The molecule has 0 spiro atoms. The van der Waals surface area contributed by atoms with Crippen LogP contribution >= 0.6 is 31.9 Å². The van der Waals surface area contributed by atoms with Gasteiger partial charge >= 0.3 is 0 Å². The lowest BCUT2D eigenvalue weighted by Crippen LogP contribution is -2.53. The van der Waals surface area contributed by atoms with Crippen molar-refractivity contribution in [1.29, 1.82) is 0 Å². The van der Waals surface area contributed by atoms with Crippen LogP contribution in [0.15, 0.2) is 117 Å². The fraction of sp³-hybridized carbons (Fsp3) is 0.257. The van der Waals surface area contributed by atoms with Gasteiger partial charge in [0.15, 0.2) is 0 Å². The first-order valence-corrected chi connectivity index (χ1v) is 18.0. The number of rotatable bonds is 15. The number of halogens is 2. The minimum Gasteiger partial charge on any atom is -0.494 e. The van der Waals surface area contributed by atoms with E-state index in [-0.39, 0.29) is 29.5 Å². The fourth-order valence-corrected chi connectivity index (χ4v) is 7.01. The van der Waals surface area contributed by atoms with Crippen molar-refractivity contribution in [2.75, 3.05) is 24.0 Å². The van der Waals surface area contributed by atoms with Crippen molar-refractivity contribution in [2.45, 2.75) is 44.2 Å². The monoisotopic (exact) mass is 769 g/mol. The number of anilines is 1. The topological polar surface area (TPSA) is 96.0 Å². The highest BCUT2D eigenvalue weighted by Crippen LogP contribution is 2.28. The molecule has 4 aromatic carbocycles. The van der Waals surface area contributed by atoms with Gasteiger partial charge in [-0.05, 0) is 85.1 Å². The van der Waals surface area contributed by atoms with Gasteiger partial charge in [0.1, 0.15) is 18.3 Å². The molecule has 0 aliphatic heterocycles. The molecule has 46 heavy (non-hydrogen) atoms. The quantitative estimate of drug-likeness (QED) is 0.141. The third-order valence-corrected chi connectivity index (χ3v) is 9.99. The van der Waals surface area contributed by atoms with Gasteiger partial charge < -0.3 is 15.0 Å². The van der Waals surface area contributed by atoms with Crippen molar-refractivity contribution in [3.05, 3.63) is 123 Å². The number of nitrogens with one attached hydrogen (secondary N) is 1. The Morgan fingerprint density at radius 1 is 0.826 bits per heavy atom. The van der Waals surface area contributed by atoms with E-state index in [0.29, 0.717) is 18.9 Å². The summed E-state index contributed by atoms with van der Waals surface area (Å²) in [6.45, 7) is 4.26. The number of hydrogen-bond donors (Lipinski definition) is 1. The number of nitrogens with zero attached hydrogens (tertiary/aromatic N) is 2. The Bertz CT molecular complexity index is 1700. The maximum atomic E-state index is 14.5.